The first-order valence-corrected chi connectivity index (χ1v) is 6.89. The fourth-order valence-corrected chi connectivity index (χ4v) is 2.37. The van der Waals surface area contributed by atoms with Crippen LogP contribution in [0.15, 0.2) is 41.6 Å². The van der Waals surface area contributed by atoms with Crippen LogP contribution in [0.2, 0.25) is 0 Å². The Morgan fingerprint density at radius 2 is 2.05 bits per heavy atom. The van der Waals surface area contributed by atoms with Gasteiger partial charge in [-0.3, -0.25) is 10.5 Å². The number of benzene rings is 1. The molecule has 0 amide bonds. The number of aromatic nitrogens is 2. The van der Waals surface area contributed by atoms with E-state index in [1.807, 2.05) is 0 Å². The first kappa shape index (κ1) is 13.2. The number of H-pyrrole nitrogens is 1. The van der Waals surface area contributed by atoms with Crippen LogP contribution in [0.4, 0.5) is 0 Å². The normalized spacial score (nSPS) is 11.4. The molecule has 0 saturated heterocycles. The van der Waals surface area contributed by atoms with E-state index in [4.69, 9.17) is 11.1 Å². The molecule has 7 nitrogen and oxygen atoms in total. The lowest BCUT2D eigenvalue weighted by Crippen LogP contribution is -2.22. The zero-order chi connectivity index (χ0) is 13.9. The smallest absolute Gasteiger partial charge is 0.243 e. The summed E-state index contributed by atoms with van der Waals surface area (Å²) in [5.74, 6) is -0.0227. The van der Waals surface area contributed by atoms with E-state index in [2.05, 4.69) is 14.9 Å². The van der Waals surface area contributed by atoms with Gasteiger partial charge in [0.1, 0.15) is 10.7 Å². The summed E-state index contributed by atoms with van der Waals surface area (Å²) in [6.07, 6.45) is 2.54. The van der Waals surface area contributed by atoms with Gasteiger partial charge in [-0.25, -0.2) is 13.1 Å². The molecule has 2 rings (SSSR count). The summed E-state index contributed by atoms with van der Waals surface area (Å²) in [6.45, 7) is 0.158. The third kappa shape index (κ3) is 3.18. The predicted octanol–water partition coefficient (Wildman–Crippen LogP) is 0.172. The maximum Gasteiger partial charge on any atom is 0.243 e. The van der Waals surface area contributed by atoms with Gasteiger partial charge in [-0.2, -0.15) is 5.10 Å². The van der Waals surface area contributed by atoms with E-state index in [0.717, 1.165) is 5.56 Å². The van der Waals surface area contributed by atoms with Crippen molar-refractivity contribution in [3.05, 3.63) is 47.8 Å². The zero-order valence-electron chi connectivity index (χ0n) is 9.92. The lowest BCUT2D eigenvalue weighted by atomic mass is 10.1. The molecule has 19 heavy (non-hydrogen) atoms. The lowest BCUT2D eigenvalue weighted by molar-refractivity contribution is 0.581. The van der Waals surface area contributed by atoms with E-state index >= 15 is 0 Å². The summed E-state index contributed by atoms with van der Waals surface area (Å²) in [5.41, 5.74) is 6.71. The van der Waals surface area contributed by atoms with Gasteiger partial charge in [0.05, 0.1) is 6.20 Å². The van der Waals surface area contributed by atoms with Crippen molar-refractivity contribution in [2.24, 2.45) is 5.73 Å². The SMILES string of the molecule is N=C(N)c1ccc(CNS(=O)(=O)c2cn[nH]c2)cc1. The number of nitrogen functional groups attached to an aromatic ring is 1. The summed E-state index contributed by atoms with van der Waals surface area (Å²) in [4.78, 5) is 0.0906. The monoisotopic (exact) mass is 279 g/mol. The van der Waals surface area contributed by atoms with Crippen molar-refractivity contribution in [1.29, 1.82) is 5.41 Å². The first-order valence-electron chi connectivity index (χ1n) is 5.41. The Morgan fingerprint density at radius 3 is 2.58 bits per heavy atom. The fourth-order valence-electron chi connectivity index (χ4n) is 1.45. The second-order valence-electron chi connectivity index (χ2n) is 3.87. The van der Waals surface area contributed by atoms with Crippen LogP contribution in [0.5, 0.6) is 0 Å². The van der Waals surface area contributed by atoms with Crippen LogP contribution in [0.3, 0.4) is 0 Å². The fraction of sp³-hybridized carbons (Fsp3) is 0.0909. The molecule has 0 aliphatic carbocycles. The van der Waals surface area contributed by atoms with Crippen LogP contribution < -0.4 is 10.5 Å². The maximum absolute atomic E-state index is 11.8. The maximum atomic E-state index is 11.8. The van der Waals surface area contributed by atoms with Crippen LogP contribution >= 0.6 is 0 Å². The molecule has 0 fully saturated rings. The lowest BCUT2D eigenvalue weighted by Gasteiger charge is -2.05. The van der Waals surface area contributed by atoms with Gasteiger partial charge in [0, 0.05) is 18.3 Å². The third-order valence-electron chi connectivity index (χ3n) is 2.51. The number of nitrogens with two attached hydrogens (primary N) is 1. The van der Waals surface area contributed by atoms with Gasteiger partial charge in [-0.1, -0.05) is 24.3 Å². The highest BCUT2D eigenvalue weighted by Crippen LogP contribution is 2.07. The Hall–Kier alpha value is -2.19. The number of hydrogen-bond donors (Lipinski definition) is 4. The van der Waals surface area contributed by atoms with Gasteiger partial charge in [0.15, 0.2) is 0 Å². The molecule has 0 saturated carbocycles. The second-order valence-corrected chi connectivity index (χ2v) is 5.64. The van der Waals surface area contributed by atoms with Gasteiger partial charge >= 0.3 is 0 Å². The van der Waals surface area contributed by atoms with Crippen LogP contribution in [-0.2, 0) is 16.6 Å². The molecule has 5 N–H and O–H groups in total. The number of amidine groups is 1. The minimum absolute atomic E-state index is 0.0227. The molecule has 8 heteroatoms. The van der Waals surface area contributed by atoms with Gasteiger partial charge in [0.2, 0.25) is 10.0 Å². The molecule has 0 radical (unpaired) electrons. The van der Waals surface area contributed by atoms with Gasteiger partial charge in [0.25, 0.3) is 0 Å². The molecule has 0 aliphatic heterocycles. The summed E-state index contributed by atoms with van der Waals surface area (Å²) < 4.78 is 26.1. The van der Waals surface area contributed by atoms with E-state index in [-0.39, 0.29) is 17.3 Å². The van der Waals surface area contributed by atoms with Crippen molar-refractivity contribution < 1.29 is 8.42 Å². The molecule has 0 aliphatic rings. The Kier molecular flexibility index (Phi) is 3.63. The molecule has 1 aromatic heterocycles. The molecule has 1 heterocycles. The number of sulfonamides is 1. The van der Waals surface area contributed by atoms with Crippen molar-refractivity contribution in [3.8, 4) is 0 Å². The molecule has 0 bridgehead atoms. The molecule has 0 spiro atoms. The van der Waals surface area contributed by atoms with Crippen molar-refractivity contribution >= 4 is 15.9 Å². The number of hydrogen-bond acceptors (Lipinski definition) is 4. The third-order valence-corrected chi connectivity index (χ3v) is 3.88. The Bertz CT molecular complexity index is 662. The Morgan fingerprint density at radius 1 is 1.37 bits per heavy atom. The van der Waals surface area contributed by atoms with E-state index in [1.54, 1.807) is 24.3 Å². The summed E-state index contributed by atoms with van der Waals surface area (Å²) in [6, 6.07) is 6.77. The number of aromatic amines is 1. The number of rotatable bonds is 5. The number of nitrogens with zero attached hydrogens (tertiary/aromatic N) is 1. The summed E-state index contributed by atoms with van der Waals surface area (Å²) in [5, 5.41) is 13.3. The van der Waals surface area contributed by atoms with Crippen molar-refractivity contribution in [2.45, 2.75) is 11.4 Å². The van der Waals surface area contributed by atoms with Crippen molar-refractivity contribution in [3.63, 3.8) is 0 Å². The highest BCUT2D eigenvalue weighted by Gasteiger charge is 2.14. The van der Waals surface area contributed by atoms with Crippen molar-refractivity contribution in [1.82, 2.24) is 14.9 Å². The van der Waals surface area contributed by atoms with Gasteiger partial charge in [-0.15, -0.1) is 0 Å². The standard InChI is InChI=1S/C11H13N5O2S/c12-11(13)9-3-1-8(2-4-9)5-16-19(17,18)10-6-14-15-7-10/h1-4,6-7,16H,5H2,(H3,12,13)(H,14,15). The minimum Gasteiger partial charge on any atom is -0.384 e. The van der Waals surface area contributed by atoms with Crippen molar-refractivity contribution in [2.75, 3.05) is 0 Å². The summed E-state index contributed by atoms with van der Waals surface area (Å²) in [7, 11) is -3.55. The van der Waals surface area contributed by atoms with Crippen LogP contribution in [0.25, 0.3) is 0 Å². The Labute approximate surface area is 110 Å². The van der Waals surface area contributed by atoms with E-state index < -0.39 is 10.0 Å². The van der Waals surface area contributed by atoms with Crippen LogP contribution in [0, 0.1) is 5.41 Å². The second kappa shape index (κ2) is 5.21. The molecule has 100 valence electrons. The zero-order valence-corrected chi connectivity index (χ0v) is 10.7. The van der Waals surface area contributed by atoms with Gasteiger partial charge in [-0.05, 0) is 5.56 Å². The quantitative estimate of drug-likeness (QED) is 0.460. The van der Waals surface area contributed by atoms with Crippen LogP contribution in [0.1, 0.15) is 11.1 Å². The Balaban J connectivity index is 2.05. The molecular formula is C11H13N5O2S. The average Bonchev–Trinajstić information content (AvgIpc) is 2.91. The molecule has 1 aromatic carbocycles. The molecule has 0 atom stereocenters. The predicted molar refractivity (Wildman–Crippen MR) is 70.1 cm³/mol. The highest BCUT2D eigenvalue weighted by atomic mass is 32.2. The molecule has 2 aromatic rings. The van der Waals surface area contributed by atoms with E-state index in [0.29, 0.717) is 5.56 Å². The van der Waals surface area contributed by atoms with Gasteiger partial charge < -0.3 is 5.73 Å². The van der Waals surface area contributed by atoms with Crippen LogP contribution in [-0.4, -0.2) is 24.5 Å². The average molecular weight is 279 g/mol. The topological polar surface area (TPSA) is 125 Å². The summed E-state index contributed by atoms with van der Waals surface area (Å²) >= 11 is 0. The largest absolute Gasteiger partial charge is 0.384 e. The molecular weight excluding hydrogens is 266 g/mol. The number of nitrogens with one attached hydrogen (secondary N) is 3. The minimum atomic E-state index is -3.55. The highest BCUT2D eigenvalue weighted by molar-refractivity contribution is 7.89. The van der Waals surface area contributed by atoms with E-state index in [9.17, 15) is 8.42 Å². The van der Waals surface area contributed by atoms with E-state index in [1.165, 1.54) is 12.4 Å². The molecule has 0 unspecified atom stereocenters. The first-order chi connectivity index (χ1) is 8.99.